The van der Waals surface area contributed by atoms with Gasteiger partial charge >= 0.3 is 0 Å². The van der Waals surface area contributed by atoms with Crippen molar-refractivity contribution in [2.45, 2.75) is 23.7 Å². The first-order valence-electron chi connectivity index (χ1n) is 10.1. The summed E-state index contributed by atoms with van der Waals surface area (Å²) in [5.41, 5.74) is 4.17. The number of hydrogen-bond acceptors (Lipinski definition) is 7. The van der Waals surface area contributed by atoms with Crippen molar-refractivity contribution in [3.05, 3.63) is 54.6 Å². The highest BCUT2D eigenvalue weighted by atomic mass is 32.2. The zero-order valence-electron chi connectivity index (χ0n) is 17.0. The molecule has 3 aromatic heterocycles. The lowest BCUT2D eigenvalue weighted by Crippen LogP contribution is -2.29. The minimum absolute atomic E-state index is 0.263. The van der Waals surface area contributed by atoms with E-state index in [9.17, 15) is 8.42 Å². The predicted octanol–water partition coefficient (Wildman–Crippen LogP) is 2.73. The molecule has 0 saturated carbocycles. The quantitative estimate of drug-likeness (QED) is 0.439. The average Bonchev–Trinajstić information content (AvgIpc) is 3.44. The second-order valence-corrected chi connectivity index (χ2v) is 9.83. The molecule has 4 aromatic rings. The second-order valence-electron chi connectivity index (χ2n) is 7.82. The summed E-state index contributed by atoms with van der Waals surface area (Å²) in [5.74, 6) is 1.03. The van der Waals surface area contributed by atoms with Gasteiger partial charge in [0.25, 0.3) is 0 Å². The van der Waals surface area contributed by atoms with Gasteiger partial charge in [-0.05, 0) is 37.6 Å². The third-order valence-electron chi connectivity index (χ3n) is 5.55. The molecule has 0 spiro atoms. The summed E-state index contributed by atoms with van der Waals surface area (Å²) in [6.07, 6.45) is 8.70. The monoisotopic (exact) mass is 437 g/mol. The van der Waals surface area contributed by atoms with Gasteiger partial charge in [-0.3, -0.25) is 5.10 Å². The fourth-order valence-electron chi connectivity index (χ4n) is 3.94. The maximum atomic E-state index is 12.0. The molecule has 9 nitrogen and oxygen atoms in total. The Morgan fingerprint density at radius 1 is 1.23 bits per heavy atom. The zero-order valence-corrected chi connectivity index (χ0v) is 17.9. The maximum Gasteiger partial charge on any atom is 0.175 e. The Labute approximate surface area is 179 Å². The molecule has 1 atom stereocenters. The number of H-pyrrole nitrogens is 1. The van der Waals surface area contributed by atoms with Crippen LogP contribution in [0, 0.1) is 0 Å². The molecular formula is C21H23N7O2S. The number of sulfone groups is 1. The SMILES string of the molecule is CS(=O)(=O)c1cccc(Nc2cc(C3CCCNC3)nc3c(-c4cn[nH]c4)cnn23)c1. The van der Waals surface area contributed by atoms with Crippen molar-refractivity contribution >= 4 is 27.0 Å². The highest BCUT2D eigenvalue weighted by molar-refractivity contribution is 7.90. The fraction of sp³-hybridized carbons (Fsp3) is 0.286. The highest BCUT2D eigenvalue weighted by Crippen LogP contribution is 2.30. The first-order chi connectivity index (χ1) is 15.0. The molecule has 1 aromatic carbocycles. The molecule has 1 saturated heterocycles. The Balaban J connectivity index is 1.62. The predicted molar refractivity (Wildman–Crippen MR) is 118 cm³/mol. The Morgan fingerprint density at radius 3 is 2.87 bits per heavy atom. The number of benzene rings is 1. The molecule has 1 aliphatic rings. The van der Waals surface area contributed by atoms with Gasteiger partial charge in [0.05, 0.1) is 23.0 Å². The van der Waals surface area contributed by atoms with Crippen LogP contribution in [0.5, 0.6) is 0 Å². The van der Waals surface area contributed by atoms with Crippen LogP contribution in [0.4, 0.5) is 11.5 Å². The number of piperidine rings is 1. The lowest BCUT2D eigenvalue weighted by atomic mass is 9.96. The lowest BCUT2D eigenvalue weighted by molar-refractivity contribution is 0.455. The second kappa shape index (κ2) is 7.78. The molecule has 1 aliphatic heterocycles. The molecular weight excluding hydrogens is 414 g/mol. The first kappa shape index (κ1) is 19.7. The number of aromatic amines is 1. The Morgan fingerprint density at radius 2 is 2.13 bits per heavy atom. The van der Waals surface area contributed by atoms with Crippen LogP contribution < -0.4 is 10.6 Å². The maximum absolute atomic E-state index is 12.0. The van der Waals surface area contributed by atoms with E-state index in [1.807, 2.05) is 18.3 Å². The number of nitrogens with one attached hydrogen (secondary N) is 3. The van der Waals surface area contributed by atoms with Gasteiger partial charge < -0.3 is 10.6 Å². The molecule has 3 N–H and O–H groups in total. The summed E-state index contributed by atoms with van der Waals surface area (Å²) in [7, 11) is -3.30. The van der Waals surface area contributed by atoms with E-state index in [1.54, 1.807) is 35.1 Å². The van der Waals surface area contributed by atoms with Crippen molar-refractivity contribution in [2.75, 3.05) is 24.7 Å². The van der Waals surface area contributed by atoms with Crippen molar-refractivity contribution < 1.29 is 8.42 Å². The molecule has 0 radical (unpaired) electrons. The van der Waals surface area contributed by atoms with Crippen molar-refractivity contribution in [2.24, 2.45) is 0 Å². The zero-order chi connectivity index (χ0) is 21.4. The van der Waals surface area contributed by atoms with Gasteiger partial charge in [0.1, 0.15) is 5.82 Å². The average molecular weight is 438 g/mol. The van der Waals surface area contributed by atoms with Gasteiger partial charge in [-0.1, -0.05) is 6.07 Å². The summed E-state index contributed by atoms with van der Waals surface area (Å²) in [5, 5.41) is 18.2. The molecule has 31 heavy (non-hydrogen) atoms. The Hall–Kier alpha value is -3.24. The Kier molecular flexibility index (Phi) is 4.95. The normalized spacial score (nSPS) is 17.1. The van der Waals surface area contributed by atoms with Crippen LogP contribution in [-0.4, -0.2) is 52.6 Å². The van der Waals surface area contributed by atoms with E-state index in [0.29, 0.717) is 11.6 Å². The topological polar surface area (TPSA) is 117 Å². The number of aromatic nitrogens is 5. The first-order valence-corrected chi connectivity index (χ1v) is 12.0. The van der Waals surface area contributed by atoms with E-state index >= 15 is 0 Å². The molecule has 4 heterocycles. The van der Waals surface area contributed by atoms with Crippen LogP contribution in [-0.2, 0) is 9.84 Å². The van der Waals surface area contributed by atoms with E-state index in [-0.39, 0.29) is 4.90 Å². The Bertz CT molecular complexity index is 1320. The molecule has 0 bridgehead atoms. The summed E-state index contributed by atoms with van der Waals surface area (Å²) < 4.78 is 25.7. The van der Waals surface area contributed by atoms with Crippen LogP contribution in [0.1, 0.15) is 24.5 Å². The number of nitrogens with zero attached hydrogens (tertiary/aromatic N) is 4. The van der Waals surface area contributed by atoms with Crippen molar-refractivity contribution in [1.82, 2.24) is 30.1 Å². The van der Waals surface area contributed by atoms with Crippen LogP contribution >= 0.6 is 0 Å². The van der Waals surface area contributed by atoms with Crippen LogP contribution in [0.2, 0.25) is 0 Å². The van der Waals surface area contributed by atoms with E-state index in [4.69, 9.17) is 4.98 Å². The minimum atomic E-state index is -3.30. The van der Waals surface area contributed by atoms with Crippen LogP contribution in [0.3, 0.4) is 0 Å². The number of fused-ring (bicyclic) bond motifs is 1. The third kappa shape index (κ3) is 3.91. The van der Waals surface area contributed by atoms with E-state index in [0.717, 1.165) is 54.2 Å². The number of hydrogen-bond donors (Lipinski definition) is 3. The van der Waals surface area contributed by atoms with Crippen LogP contribution in [0.25, 0.3) is 16.8 Å². The molecule has 1 fully saturated rings. The van der Waals surface area contributed by atoms with Gasteiger partial charge in [0.15, 0.2) is 15.5 Å². The van der Waals surface area contributed by atoms with Gasteiger partial charge in [0, 0.05) is 47.8 Å². The molecule has 10 heteroatoms. The van der Waals surface area contributed by atoms with Gasteiger partial charge in [-0.15, -0.1) is 0 Å². The number of anilines is 2. The smallest absolute Gasteiger partial charge is 0.175 e. The van der Waals surface area contributed by atoms with Gasteiger partial charge in [0.2, 0.25) is 0 Å². The molecule has 0 amide bonds. The van der Waals surface area contributed by atoms with Gasteiger partial charge in [-0.2, -0.15) is 14.7 Å². The molecule has 160 valence electrons. The molecule has 5 rings (SSSR count). The van der Waals surface area contributed by atoms with Crippen molar-refractivity contribution in [3.8, 4) is 11.1 Å². The third-order valence-corrected chi connectivity index (χ3v) is 6.66. The van der Waals surface area contributed by atoms with Crippen molar-refractivity contribution in [3.63, 3.8) is 0 Å². The molecule has 0 aliphatic carbocycles. The highest BCUT2D eigenvalue weighted by Gasteiger charge is 2.21. The van der Waals surface area contributed by atoms with E-state index in [1.165, 1.54) is 6.26 Å². The summed E-state index contributed by atoms with van der Waals surface area (Å²) in [6, 6.07) is 8.78. The number of rotatable bonds is 5. The fourth-order valence-corrected chi connectivity index (χ4v) is 4.61. The minimum Gasteiger partial charge on any atom is -0.340 e. The summed E-state index contributed by atoms with van der Waals surface area (Å²) in [4.78, 5) is 5.22. The van der Waals surface area contributed by atoms with Crippen molar-refractivity contribution in [1.29, 1.82) is 0 Å². The largest absolute Gasteiger partial charge is 0.340 e. The van der Waals surface area contributed by atoms with Crippen LogP contribution in [0.15, 0.2) is 53.8 Å². The van der Waals surface area contributed by atoms with E-state index < -0.39 is 9.84 Å². The molecule has 1 unspecified atom stereocenters. The van der Waals surface area contributed by atoms with E-state index in [2.05, 4.69) is 25.9 Å². The van der Waals surface area contributed by atoms with Gasteiger partial charge in [-0.25, -0.2) is 13.4 Å². The summed E-state index contributed by atoms with van der Waals surface area (Å²) >= 11 is 0. The standard InChI is InChI=1S/C21H23N7O2S/c1-31(29,30)17-6-2-5-16(8-17)26-20-9-19(14-4-3-7-22-10-14)27-21-18(13-25-28(20)21)15-11-23-24-12-15/h2,5-6,8-9,11-14,22,26H,3-4,7,10H2,1H3,(H,23,24). The summed E-state index contributed by atoms with van der Waals surface area (Å²) in [6.45, 7) is 1.90. The lowest BCUT2D eigenvalue weighted by Gasteiger charge is -2.23.